The molecule has 4 atom stereocenters. The van der Waals surface area contributed by atoms with Gasteiger partial charge in [-0.15, -0.1) is 0 Å². The summed E-state index contributed by atoms with van der Waals surface area (Å²) in [6, 6.07) is 15.9. The molecule has 2 aliphatic rings. The normalized spacial score (nSPS) is 20.1. The Morgan fingerprint density at radius 3 is 1.44 bits per heavy atom. The second-order valence-electron chi connectivity index (χ2n) is 16.1. The summed E-state index contributed by atoms with van der Waals surface area (Å²) in [5, 5.41) is 1.69. The molecule has 2 aliphatic heterocycles. The molecule has 54 heavy (non-hydrogen) atoms. The van der Waals surface area contributed by atoms with Crippen LogP contribution in [0.25, 0.3) is 21.9 Å². The van der Waals surface area contributed by atoms with E-state index in [1.54, 1.807) is 77.9 Å². The molecule has 0 unspecified atom stereocenters. The lowest BCUT2D eigenvalue weighted by Crippen LogP contribution is -2.47. The summed E-state index contributed by atoms with van der Waals surface area (Å²) in [5.74, 6) is -2.01. The van der Waals surface area contributed by atoms with Crippen LogP contribution in [0, 0.1) is 0 Å². The van der Waals surface area contributed by atoms with Crippen molar-refractivity contribution in [3.8, 4) is 11.1 Å². The van der Waals surface area contributed by atoms with Crippen LogP contribution in [0.1, 0.15) is 102 Å². The lowest BCUT2D eigenvalue weighted by Gasteiger charge is -2.30. The van der Waals surface area contributed by atoms with Crippen LogP contribution in [-0.4, -0.2) is 94.1 Å². The van der Waals surface area contributed by atoms with Gasteiger partial charge in [-0.25, -0.2) is 19.2 Å². The van der Waals surface area contributed by atoms with E-state index in [0.717, 1.165) is 21.9 Å². The molecule has 5 rings (SSSR count). The predicted octanol–water partition coefficient (Wildman–Crippen LogP) is 7.53. The molecular weight excluding hydrogens is 692 g/mol. The molecule has 0 radical (unpaired) electrons. The van der Waals surface area contributed by atoms with E-state index in [2.05, 4.69) is 0 Å². The minimum atomic E-state index is -0.813. The zero-order chi connectivity index (χ0) is 39.5. The molecular formula is C42H50N2O10. The number of fused-ring (bicyclic) bond motifs is 1. The highest BCUT2D eigenvalue weighted by Crippen LogP contribution is 2.30. The summed E-state index contributed by atoms with van der Waals surface area (Å²) in [6.07, 6.45) is 0.940. The summed E-state index contributed by atoms with van der Waals surface area (Å²) < 4.78 is 21.7. The first-order chi connectivity index (χ1) is 25.3. The van der Waals surface area contributed by atoms with Gasteiger partial charge in [-0.2, -0.15) is 0 Å². The molecule has 2 heterocycles. The molecule has 0 saturated carbocycles. The fourth-order valence-electron chi connectivity index (χ4n) is 6.76. The van der Waals surface area contributed by atoms with Gasteiger partial charge >= 0.3 is 24.1 Å². The summed E-state index contributed by atoms with van der Waals surface area (Å²) in [4.78, 5) is 80.1. The number of likely N-dealkylation sites (tertiary alicyclic amines) is 2. The fraction of sp³-hybridized carbons (Fsp3) is 0.476. The van der Waals surface area contributed by atoms with Crippen molar-refractivity contribution in [2.24, 2.45) is 0 Å². The molecule has 0 bridgehead atoms. The Hall–Kier alpha value is -5.26. The zero-order valence-electron chi connectivity index (χ0n) is 32.3. The Morgan fingerprint density at radius 1 is 0.556 bits per heavy atom. The van der Waals surface area contributed by atoms with Crippen LogP contribution < -0.4 is 0 Å². The van der Waals surface area contributed by atoms with Gasteiger partial charge in [0.25, 0.3) is 0 Å². The molecule has 3 aromatic rings. The van der Waals surface area contributed by atoms with Crippen LogP contribution in [0.5, 0.6) is 0 Å². The van der Waals surface area contributed by atoms with Gasteiger partial charge in [0.1, 0.15) is 23.3 Å². The second kappa shape index (κ2) is 16.0. The number of carbonyl (C=O) groups excluding carboxylic acids is 6. The molecule has 0 aromatic heterocycles. The first kappa shape index (κ1) is 39.9. The maximum Gasteiger partial charge on any atom is 0.411 e. The van der Waals surface area contributed by atoms with Gasteiger partial charge in [-0.3, -0.25) is 19.4 Å². The zero-order valence-corrected chi connectivity index (χ0v) is 32.3. The minimum Gasteiger partial charge on any atom is -0.456 e. The van der Waals surface area contributed by atoms with Gasteiger partial charge in [0.15, 0.2) is 24.8 Å². The van der Waals surface area contributed by atoms with E-state index in [0.29, 0.717) is 36.8 Å². The van der Waals surface area contributed by atoms with Gasteiger partial charge in [0, 0.05) is 23.2 Å². The van der Waals surface area contributed by atoms with E-state index >= 15 is 0 Å². The molecule has 2 saturated heterocycles. The quantitative estimate of drug-likeness (QED) is 0.122. The molecule has 2 fully saturated rings. The largest absolute Gasteiger partial charge is 0.456 e. The molecule has 0 spiro atoms. The third-order valence-electron chi connectivity index (χ3n) is 9.48. The van der Waals surface area contributed by atoms with Gasteiger partial charge in [-0.1, -0.05) is 48.5 Å². The van der Waals surface area contributed by atoms with E-state index in [9.17, 15) is 28.8 Å². The van der Waals surface area contributed by atoms with Crippen molar-refractivity contribution in [3.05, 3.63) is 71.8 Å². The Kier molecular flexibility index (Phi) is 11.8. The predicted molar refractivity (Wildman–Crippen MR) is 201 cm³/mol. The average Bonchev–Trinajstić information content (AvgIpc) is 3.69. The first-order valence-electron chi connectivity index (χ1n) is 18.4. The lowest BCUT2D eigenvalue weighted by molar-refractivity contribution is -0.148. The second-order valence-corrected chi connectivity index (χ2v) is 16.1. The number of nitrogens with zero attached hydrogens (tertiary/aromatic N) is 2. The molecule has 0 N–H and O–H groups in total. The minimum absolute atomic E-state index is 0.191. The van der Waals surface area contributed by atoms with Crippen molar-refractivity contribution < 1.29 is 47.7 Å². The van der Waals surface area contributed by atoms with Crippen LogP contribution in [0.15, 0.2) is 60.7 Å². The van der Waals surface area contributed by atoms with E-state index in [-0.39, 0.29) is 23.7 Å². The Balaban J connectivity index is 1.16. The highest BCUT2D eigenvalue weighted by Gasteiger charge is 2.43. The van der Waals surface area contributed by atoms with Crippen LogP contribution in [0.3, 0.4) is 0 Å². The van der Waals surface area contributed by atoms with Crippen molar-refractivity contribution in [2.75, 3.05) is 13.2 Å². The van der Waals surface area contributed by atoms with Gasteiger partial charge < -0.3 is 18.9 Å². The maximum atomic E-state index is 13.0. The number of hydrogen-bond donors (Lipinski definition) is 0. The summed E-state index contributed by atoms with van der Waals surface area (Å²) in [7, 11) is 0. The van der Waals surface area contributed by atoms with Crippen molar-refractivity contribution in [1.29, 1.82) is 0 Å². The number of carbonyl (C=O) groups is 6. The summed E-state index contributed by atoms with van der Waals surface area (Å²) >= 11 is 0. The molecule has 2 amide bonds. The van der Waals surface area contributed by atoms with Crippen LogP contribution in [-0.2, 0) is 28.5 Å². The molecule has 12 heteroatoms. The highest BCUT2D eigenvalue weighted by atomic mass is 16.6. The van der Waals surface area contributed by atoms with Crippen LogP contribution in [0.4, 0.5) is 9.59 Å². The van der Waals surface area contributed by atoms with Gasteiger partial charge in [0.05, 0.1) is 0 Å². The Bertz CT molecular complexity index is 1920. The van der Waals surface area contributed by atoms with E-state index in [1.165, 1.54) is 9.80 Å². The standard InChI is InChI=1S/C42H50N2O10/c1-25-9-19-33(43(25)39(49)53-41(3,4)5)37(47)51-23-35(45)28-13-11-27(12-14-28)29-15-16-31-22-32(18-17-30(31)21-29)36(46)24-52-38(48)34-20-10-26(2)44(34)40(50)54-42(6,7)8/h11-18,21-22,25-26,33-34H,9-10,19-20,23-24H2,1-8H3/t25-,26-,33-,34-/m0/s1. The SMILES string of the molecule is C[C@H]1CC[C@@H](C(=O)OCC(=O)c2ccc(-c3ccc4cc(C(=O)COC(=O)[C@@H]5CC[C@H](C)N5C(=O)OC(C)(C)C)ccc4c3)cc2)N1C(=O)OC(C)(C)C. The number of benzene rings is 3. The van der Waals surface area contributed by atoms with Crippen molar-refractivity contribution >= 4 is 46.5 Å². The monoisotopic (exact) mass is 742 g/mol. The smallest absolute Gasteiger partial charge is 0.411 e. The maximum absolute atomic E-state index is 13.0. The summed E-state index contributed by atoms with van der Waals surface area (Å²) in [5.41, 5.74) is 1.08. The van der Waals surface area contributed by atoms with Crippen molar-refractivity contribution in [3.63, 3.8) is 0 Å². The number of ketones is 2. The number of hydrogen-bond acceptors (Lipinski definition) is 10. The van der Waals surface area contributed by atoms with Crippen molar-refractivity contribution in [1.82, 2.24) is 9.80 Å². The van der Waals surface area contributed by atoms with Gasteiger partial charge in [-0.05, 0) is 115 Å². The van der Waals surface area contributed by atoms with Crippen molar-refractivity contribution in [2.45, 2.75) is 116 Å². The van der Waals surface area contributed by atoms with Gasteiger partial charge in [0.2, 0.25) is 0 Å². The number of ether oxygens (including phenoxy) is 4. The first-order valence-corrected chi connectivity index (χ1v) is 18.4. The highest BCUT2D eigenvalue weighted by molar-refractivity contribution is 6.02. The third kappa shape index (κ3) is 9.64. The molecule has 288 valence electrons. The van der Waals surface area contributed by atoms with E-state index < -0.39 is 60.6 Å². The molecule has 0 aliphatic carbocycles. The van der Waals surface area contributed by atoms with Crippen LogP contribution in [0.2, 0.25) is 0 Å². The Morgan fingerprint density at radius 2 is 0.963 bits per heavy atom. The topological polar surface area (TPSA) is 146 Å². The fourth-order valence-corrected chi connectivity index (χ4v) is 6.76. The molecule has 3 aromatic carbocycles. The summed E-state index contributed by atoms with van der Waals surface area (Å²) in [6.45, 7) is 13.3. The average molecular weight is 743 g/mol. The van der Waals surface area contributed by atoms with Crippen LogP contribution >= 0.6 is 0 Å². The number of Topliss-reactive ketones (excluding diaryl/α,β-unsaturated/α-hetero) is 2. The number of amides is 2. The number of esters is 2. The Labute approximate surface area is 316 Å². The van der Waals surface area contributed by atoms with E-state index in [1.807, 2.05) is 38.1 Å². The lowest BCUT2D eigenvalue weighted by atomic mass is 9.98. The molecule has 12 nitrogen and oxygen atoms in total. The number of rotatable bonds is 9. The van der Waals surface area contributed by atoms with E-state index in [4.69, 9.17) is 18.9 Å². The third-order valence-corrected chi connectivity index (χ3v) is 9.48.